The van der Waals surface area contributed by atoms with Gasteiger partial charge in [-0.15, -0.1) is 36.2 Å². The zero-order valence-electron chi connectivity index (χ0n) is 13.4. The fourth-order valence-corrected chi connectivity index (χ4v) is 3.50. The number of amides is 1. The second-order valence-electron chi connectivity index (χ2n) is 5.67. The molecule has 7 heteroatoms. The number of aromatic nitrogens is 1. The minimum atomic E-state index is 0. The maximum Gasteiger partial charge on any atom is 0.226 e. The molecular formula is C17H23Cl2N3OS. The Labute approximate surface area is 159 Å². The van der Waals surface area contributed by atoms with Crippen LogP contribution in [-0.4, -0.2) is 30.0 Å². The van der Waals surface area contributed by atoms with E-state index in [1.807, 2.05) is 23.6 Å². The second-order valence-corrected chi connectivity index (χ2v) is 6.61. The molecule has 0 radical (unpaired) electrons. The van der Waals surface area contributed by atoms with Gasteiger partial charge in [0.1, 0.15) is 0 Å². The highest BCUT2D eigenvalue weighted by Crippen LogP contribution is 2.15. The molecule has 1 unspecified atom stereocenters. The number of nitrogens with one attached hydrogen (secondary N) is 2. The van der Waals surface area contributed by atoms with Crippen LogP contribution in [-0.2, 0) is 17.6 Å². The standard InChI is InChI=1S/C17H21N3OS.2ClH/c21-16(19-11-14-7-4-8-18-14)10-15-12-22-17(20-15)9-13-5-2-1-3-6-13;;/h1-3,5-6,12,14,18H,4,7-11H2,(H,19,21);2*1H. The van der Waals surface area contributed by atoms with Gasteiger partial charge in [-0.3, -0.25) is 4.79 Å². The molecule has 2 N–H and O–H groups in total. The van der Waals surface area contributed by atoms with Gasteiger partial charge in [0.05, 0.1) is 17.1 Å². The van der Waals surface area contributed by atoms with E-state index >= 15 is 0 Å². The van der Waals surface area contributed by atoms with E-state index in [9.17, 15) is 4.79 Å². The monoisotopic (exact) mass is 387 g/mol. The molecule has 0 aliphatic carbocycles. The summed E-state index contributed by atoms with van der Waals surface area (Å²) in [6.45, 7) is 1.79. The van der Waals surface area contributed by atoms with E-state index < -0.39 is 0 Å². The highest BCUT2D eigenvalue weighted by Gasteiger charge is 2.15. The van der Waals surface area contributed by atoms with Crippen LogP contribution in [0.5, 0.6) is 0 Å². The van der Waals surface area contributed by atoms with Gasteiger partial charge in [-0.25, -0.2) is 4.98 Å². The summed E-state index contributed by atoms with van der Waals surface area (Å²) in [7, 11) is 0. The molecule has 24 heavy (non-hydrogen) atoms. The lowest BCUT2D eigenvalue weighted by atomic mass is 10.2. The Balaban J connectivity index is 0.00000144. The van der Waals surface area contributed by atoms with Gasteiger partial charge in [0.25, 0.3) is 0 Å². The van der Waals surface area contributed by atoms with Crippen LogP contribution in [0.25, 0.3) is 0 Å². The van der Waals surface area contributed by atoms with Crippen LogP contribution in [0, 0.1) is 0 Å². The molecule has 1 aliphatic heterocycles. The van der Waals surface area contributed by atoms with Gasteiger partial charge in [0, 0.05) is 24.4 Å². The summed E-state index contributed by atoms with van der Waals surface area (Å²) in [5.74, 6) is 0.0604. The SMILES string of the molecule is Cl.Cl.O=C(Cc1csc(Cc2ccccc2)n1)NCC1CCCN1. The Morgan fingerprint density at radius 3 is 2.79 bits per heavy atom. The highest BCUT2D eigenvalue weighted by atomic mass is 35.5. The van der Waals surface area contributed by atoms with E-state index in [-0.39, 0.29) is 30.7 Å². The van der Waals surface area contributed by atoms with Crippen molar-refractivity contribution >= 4 is 42.1 Å². The molecule has 1 atom stereocenters. The fourth-order valence-electron chi connectivity index (χ4n) is 2.68. The van der Waals surface area contributed by atoms with Crippen LogP contribution >= 0.6 is 36.2 Å². The molecule has 2 aromatic rings. The summed E-state index contributed by atoms with van der Waals surface area (Å²) in [6.07, 6.45) is 3.56. The van der Waals surface area contributed by atoms with Crippen LogP contribution in [0.2, 0.25) is 0 Å². The molecule has 0 bridgehead atoms. The van der Waals surface area contributed by atoms with Crippen molar-refractivity contribution in [2.75, 3.05) is 13.1 Å². The molecule has 1 aliphatic rings. The third kappa shape index (κ3) is 6.40. The number of halogens is 2. The minimum absolute atomic E-state index is 0. The molecule has 3 rings (SSSR count). The molecule has 4 nitrogen and oxygen atoms in total. The fraction of sp³-hybridized carbons (Fsp3) is 0.412. The van der Waals surface area contributed by atoms with Gasteiger partial charge in [-0.1, -0.05) is 30.3 Å². The molecule has 0 spiro atoms. The van der Waals surface area contributed by atoms with E-state index in [0.717, 1.165) is 36.6 Å². The van der Waals surface area contributed by atoms with Crippen LogP contribution < -0.4 is 10.6 Å². The minimum Gasteiger partial charge on any atom is -0.354 e. The number of rotatable bonds is 6. The Morgan fingerprint density at radius 1 is 1.29 bits per heavy atom. The van der Waals surface area contributed by atoms with Gasteiger partial charge in [0.15, 0.2) is 0 Å². The second kappa shape index (κ2) is 10.7. The van der Waals surface area contributed by atoms with Crippen LogP contribution in [0.4, 0.5) is 0 Å². The molecular weight excluding hydrogens is 365 g/mol. The lowest BCUT2D eigenvalue weighted by molar-refractivity contribution is -0.120. The Morgan fingerprint density at radius 2 is 2.08 bits per heavy atom. The van der Waals surface area contributed by atoms with Crippen molar-refractivity contribution in [3.63, 3.8) is 0 Å². The lowest BCUT2D eigenvalue weighted by Gasteiger charge is -2.10. The van der Waals surface area contributed by atoms with Crippen LogP contribution in [0.1, 0.15) is 29.1 Å². The summed E-state index contributed by atoms with van der Waals surface area (Å²) in [5.41, 5.74) is 2.12. The molecule has 1 fully saturated rings. The lowest BCUT2D eigenvalue weighted by Crippen LogP contribution is -2.37. The number of hydrogen-bond donors (Lipinski definition) is 2. The quantitative estimate of drug-likeness (QED) is 0.800. The average molecular weight is 388 g/mol. The van der Waals surface area contributed by atoms with Gasteiger partial charge in [-0.2, -0.15) is 0 Å². The summed E-state index contributed by atoms with van der Waals surface area (Å²) >= 11 is 1.63. The summed E-state index contributed by atoms with van der Waals surface area (Å²) in [6, 6.07) is 10.7. The third-order valence-electron chi connectivity index (χ3n) is 3.85. The maximum absolute atomic E-state index is 12.0. The summed E-state index contributed by atoms with van der Waals surface area (Å²) < 4.78 is 0. The largest absolute Gasteiger partial charge is 0.354 e. The number of nitrogens with zero attached hydrogens (tertiary/aromatic N) is 1. The molecule has 1 amide bonds. The van der Waals surface area contributed by atoms with Crippen molar-refractivity contribution in [1.29, 1.82) is 0 Å². The number of hydrogen-bond acceptors (Lipinski definition) is 4. The van der Waals surface area contributed by atoms with Crippen molar-refractivity contribution in [3.05, 3.63) is 52.0 Å². The van der Waals surface area contributed by atoms with E-state index in [1.165, 1.54) is 12.0 Å². The first-order chi connectivity index (χ1) is 10.8. The van der Waals surface area contributed by atoms with E-state index in [1.54, 1.807) is 11.3 Å². The summed E-state index contributed by atoms with van der Waals surface area (Å²) in [4.78, 5) is 16.5. The van der Waals surface area contributed by atoms with E-state index in [0.29, 0.717) is 12.5 Å². The van der Waals surface area contributed by atoms with Crippen molar-refractivity contribution in [2.24, 2.45) is 0 Å². The molecule has 132 valence electrons. The summed E-state index contributed by atoms with van der Waals surface area (Å²) in [5, 5.41) is 9.43. The zero-order valence-corrected chi connectivity index (χ0v) is 15.8. The normalized spacial score (nSPS) is 16.1. The Bertz CT molecular complexity index is 615. The predicted octanol–water partition coefficient (Wildman–Crippen LogP) is 2.99. The smallest absolute Gasteiger partial charge is 0.226 e. The van der Waals surface area contributed by atoms with Crippen molar-refractivity contribution in [1.82, 2.24) is 15.6 Å². The Hall–Kier alpha value is -1.14. The van der Waals surface area contributed by atoms with Gasteiger partial charge in [-0.05, 0) is 24.9 Å². The maximum atomic E-state index is 12.0. The zero-order chi connectivity index (χ0) is 15.2. The van der Waals surface area contributed by atoms with Crippen molar-refractivity contribution in [3.8, 4) is 0 Å². The number of thiazole rings is 1. The average Bonchev–Trinajstić information content (AvgIpc) is 3.18. The number of carbonyl (C=O) groups excluding carboxylic acids is 1. The molecule has 0 saturated carbocycles. The Kier molecular flexibility index (Phi) is 9.29. The van der Waals surface area contributed by atoms with Crippen LogP contribution in [0.15, 0.2) is 35.7 Å². The van der Waals surface area contributed by atoms with E-state index in [4.69, 9.17) is 0 Å². The van der Waals surface area contributed by atoms with Crippen molar-refractivity contribution < 1.29 is 4.79 Å². The molecule has 1 saturated heterocycles. The van der Waals surface area contributed by atoms with Crippen molar-refractivity contribution in [2.45, 2.75) is 31.7 Å². The van der Waals surface area contributed by atoms with Gasteiger partial charge < -0.3 is 10.6 Å². The number of carbonyl (C=O) groups is 1. The van der Waals surface area contributed by atoms with Gasteiger partial charge >= 0.3 is 0 Å². The van der Waals surface area contributed by atoms with Crippen LogP contribution in [0.3, 0.4) is 0 Å². The first-order valence-electron chi connectivity index (χ1n) is 7.77. The third-order valence-corrected chi connectivity index (χ3v) is 4.74. The molecule has 1 aromatic carbocycles. The first kappa shape index (κ1) is 20.9. The topological polar surface area (TPSA) is 54.0 Å². The van der Waals surface area contributed by atoms with Gasteiger partial charge in [0.2, 0.25) is 5.91 Å². The molecule has 2 heterocycles. The van der Waals surface area contributed by atoms with E-state index in [2.05, 4.69) is 27.8 Å². The highest BCUT2D eigenvalue weighted by molar-refractivity contribution is 7.09. The first-order valence-corrected chi connectivity index (χ1v) is 8.65. The number of benzene rings is 1. The molecule has 1 aromatic heterocycles. The predicted molar refractivity (Wildman–Crippen MR) is 104 cm³/mol.